The maximum atomic E-state index is 12.7. The molecular formula is C23H29N5O3S. The number of nitrogens with zero attached hydrogens (tertiary/aromatic N) is 3. The van der Waals surface area contributed by atoms with Crippen molar-refractivity contribution in [2.45, 2.75) is 31.6 Å². The highest BCUT2D eigenvalue weighted by Gasteiger charge is 2.22. The topological polar surface area (TPSA) is 98.4 Å². The molecule has 3 aromatic rings. The largest absolute Gasteiger partial charge is 0.341 e. The highest BCUT2D eigenvalue weighted by atomic mass is 32.2. The molecule has 0 unspecified atom stereocenters. The number of amides is 1. The van der Waals surface area contributed by atoms with Gasteiger partial charge in [-0.15, -0.1) is 0 Å². The van der Waals surface area contributed by atoms with Crippen molar-refractivity contribution >= 4 is 32.9 Å². The average molecular weight is 456 g/mol. The summed E-state index contributed by atoms with van der Waals surface area (Å²) in [5.74, 6) is 0.780. The lowest BCUT2D eigenvalue weighted by molar-refractivity contribution is -0.130. The van der Waals surface area contributed by atoms with Crippen LogP contribution in [0.4, 0.5) is 5.95 Å². The predicted octanol–water partition coefficient (Wildman–Crippen LogP) is 2.59. The van der Waals surface area contributed by atoms with Crippen LogP contribution in [-0.4, -0.2) is 61.9 Å². The molecule has 1 saturated heterocycles. The van der Waals surface area contributed by atoms with E-state index in [1.807, 2.05) is 42.2 Å². The van der Waals surface area contributed by atoms with Crippen molar-refractivity contribution < 1.29 is 13.2 Å². The Morgan fingerprint density at radius 2 is 1.91 bits per heavy atom. The smallest absolute Gasteiger partial charge is 0.240 e. The number of fused-ring (bicyclic) bond motifs is 1. The van der Waals surface area contributed by atoms with Crippen molar-refractivity contribution in [3.8, 4) is 0 Å². The van der Waals surface area contributed by atoms with Crippen molar-refractivity contribution in [3.63, 3.8) is 0 Å². The van der Waals surface area contributed by atoms with E-state index in [4.69, 9.17) is 0 Å². The minimum Gasteiger partial charge on any atom is -0.341 e. The van der Waals surface area contributed by atoms with Gasteiger partial charge < -0.3 is 14.8 Å². The van der Waals surface area contributed by atoms with Gasteiger partial charge in [0.05, 0.1) is 15.9 Å². The first-order valence-corrected chi connectivity index (χ1v) is 12.4. The molecule has 32 heavy (non-hydrogen) atoms. The number of nitrogens with one attached hydrogen (secondary N) is 2. The van der Waals surface area contributed by atoms with Crippen molar-refractivity contribution in [3.05, 3.63) is 53.6 Å². The van der Waals surface area contributed by atoms with E-state index in [1.54, 1.807) is 19.1 Å². The van der Waals surface area contributed by atoms with Crippen molar-refractivity contribution in [2.24, 2.45) is 0 Å². The summed E-state index contributed by atoms with van der Waals surface area (Å²) in [6.07, 6.45) is 0.964. The Morgan fingerprint density at radius 3 is 2.72 bits per heavy atom. The number of aromatic nitrogens is 2. The third-order valence-electron chi connectivity index (χ3n) is 5.79. The molecule has 0 bridgehead atoms. The quantitative estimate of drug-likeness (QED) is 0.595. The van der Waals surface area contributed by atoms with Gasteiger partial charge in [-0.25, -0.2) is 18.1 Å². The minimum absolute atomic E-state index is 0.0416. The molecule has 9 heteroatoms. The Morgan fingerprint density at radius 1 is 1.09 bits per heavy atom. The third kappa shape index (κ3) is 4.94. The molecule has 0 radical (unpaired) electrons. The number of sulfonamides is 1. The van der Waals surface area contributed by atoms with Crippen molar-refractivity contribution in [2.75, 3.05) is 37.6 Å². The van der Waals surface area contributed by atoms with Crippen LogP contribution in [0.25, 0.3) is 11.0 Å². The second-order valence-corrected chi connectivity index (χ2v) is 9.95. The van der Waals surface area contributed by atoms with E-state index >= 15 is 0 Å². The molecule has 8 nitrogen and oxygen atoms in total. The number of hydrogen-bond acceptors (Lipinski definition) is 5. The van der Waals surface area contributed by atoms with Crippen molar-refractivity contribution in [1.82, 2.24) is 19.6 Å². The second-order valence-electron chi connectivity index (χ2n) is 8.22. The number of para-hydroxylation sites is 2. The monoisotopic (exact) mass is 455 g/mol. The molecule has 1 aromatic heterocycles. The fourth-order valence-corrected chi connectivity index (χ4v) is 5.35. The van der Waals surface area contributed by atoms with Gasteiger partial charge in [0, 0.05) is 39.1 Å². The molecule has 1 amide bonds. The summed E-state index contributed by atoms with van der Waals surface area (Å²) < 4.78 is 27.9. The molecule has 0 atom stereocenters. The average Bonchev–Trinajstić information content (AvgIpc) is 3.04. The lowest BCUT2D eigenvalue weighted by Crippen LogP contribution is -2.37. The first kappa shape index (κ1) is 22.3. The fraction of sp³-hybridized carbons (Fsp3) is 0.391. The van der Waals surface area contributed by atoms with E-state index in [-0.39, 0.29) is 23.8 Å². The van der Waals surface area contributed by atoms with E-state index in [2.05, 4.69) is 19.6 Å². The molecule has 2 aromatic carbocycles. The summed E-state index contributed by atoms with van der Waals surface area (Å²) in [5, 5.41) is 0. The zero-order valence-corrected chi connectivity index (χ0v) is 19.3. The van der Waals surface area contributed by atoms with Gasteiger partial charge in [0.1, 0.15) is 0 Å². The van der Waals surface area contributed by atoms with Crippen LogP contribution < -0.4 is 9.62 Å². The number of aromatic amines is 1. The molecule has 170 valence electrons. The number of hydrogen-bond donors (Lipinski definition) is 2. The number of benzene rings is 2. The van der Waals surface area contributed by atoms with Gasteiger partial charge in [0.2, 0.25) is 21.9 Å². The van der Waals surface area contributed by atoms with Gasteiger partial charge in [-0.05, 0) is 49.6 Å². The Labute approximate surface area is 188 Å². The first-order valence-electron chi connectivity index (χ1n) is 10.9. The van der Waals surface area contributed by atoms with Crippen LogP contribution in [0.15, 0.2) is 47.4 Å². The molecule has 2 N–H and O–H groups in total. The number of anilines is 1. The van der Waals surface area contributed by atoms with E-state index < -0.39 is 10.0 Å². The lowest BCUT2D eigenvalue weighted by atomic mass is 10.2. The molecule has 1 fully saturated rings. The summed E-state index contributed by atoms with van der Waals surface area (Å²) in [4.78, 5) is 25.0. The molecule has 0 spiro atoms. The second kappa shape index (κ2) is 9.30. The van der Waals surface area contributed by atoms with Crippen molar-refractivity contribution in [1.29, 1.82) is 0 Å². The first-order chi connectivity index (χ1) is 15.3. The summed E-state index contributed by atoms with van der Waals surface area (Å²) in [6, 6.07) is 13.2. The zero-order valence-electron chi connectivity index (χ0n) is 18.5. The Bertz CT molecular complexity index is 1190. The van der Waals surface area contributed by atoms with Gasteiger partial charge in [-0.1, -0.05) is 24.3 Å². The molecule has 0 saturated carbocycles. The van der Waals surface area contributed by atoms with Gasteiger partial charge in [0.15, 0.2) is 0 Å². The van der Waals surface area contributed by atoms with Crippen LogP contribution >= 0.6 is 0 Å². The summed E-state index contributed by atoms with van der Waals surface area (Å²) in [7, 11) is -3.65. The normalized spacial score (nSPS) is 15.2. The Balaban J connectivity index is 1.32. The predicted molar refractivity (Wildman–Crippen MR) is 125 cm³/mol. The number of carbonyl (C=O) groups excluding carboxylic acids is 1. The van der Waals surface area contributed by atoms with E-state index in [0.717, 1.165) is 35.5 Å². The summed E-state index contributed by atoms with van der Waals surface area (Å²) >= 11 is 0. The molecule has 1 aliphatic heterocycles. The molecular weight excluding hydrogens is 426 g/mol. The minimum atomic E-state index is -3.65. The van der Waals surface area contributed by atoms with Crippen LogP contribution in [0.1, 0.15) is 24.0 Å². The van der Waals surface area contributed by atoms with Crippen LogP contribution in [0.3, 0.4) is 0 Å². The number of imidazole rings is 1. The standard InChI is InChI=1S/C23H29N5O3S/c1-17-8-9-18(2)21(16-17)32(30,31)24-11-10-22(29)27-12-5-13-28(15-14-27)23-25-19-6-3-4-7-20(19)26-23/h3-4,6-9,16,24H,5,10-15H2,1-2H3,(H,25,26). The van der Waals surface area contributed by atoms with Gasteiger partial charge >= 0.3 is 0 Å². The van der Waals surface area contributed by atoms with E-state index in [9.17, 15) is 13.2 Å². The van der Waals surface area contributed by atoms with E-state index in [1.165, 1.54) is 0 Å². The van der Waals surface area contributed by atoms with Crippen LogP contribution in [0.5, 0.6) is 0 Å². The van der Waals surface area contributed by atoms with Gasteiger partial charge in [-0.3, -0.25) is 4.79 Å². The molecule has 4 rings (SSSR count). The third-order valence-corrected chi connectivity index (χ3v) is 7.39. The Kier molecular flexibility index (Phi) is 6.48. The fourth-order valence-electron chi connectivity index (χ4n) is 3.99. The summed E-state index contributed by atoms with van der Waals surface area (Å²) in [6.45, 7) is 6.43. The number of rotatable bonds is 6. The molecule has 2 heterocycles. The number of aryl methyl sites for hydroxylation is 2. The number of H-pyrrole nitrogens is 1. The number of carbonyl (C=O) groups is 1. The zero-order chi connectivity index (χ0) is 22.7. The SMILES string of the molecule is Cc1ccc(C)c(S(=O)(=O)NCCC(=O)N2CCCN(c3nc4ccccc4[nH]3)CC2)c1. The maximum absolute atomic E-state index is 12.7. The maximum Gasteiger partial charge on any atom is 0.240 e. The lowest BCUT2D eigenvalue weighted by Gasteiger charge is -2.22. The molecule has 0 aliphatic carbocycles. The van der Waals surface area contributed by atoms with Crippen LogP contribution in [0.2, 0.25) is 0 Å². The van der Waals surface area contributed by atoms with Gasteiger partial charge in [-0.2, -0.15) is 0 Å². The van der Waals surface area contributed by atoms with Gasteiger partial charge in [0.25, 0.3) is 0 Å². The Hall–Kier alpha value is -2.91. The van der Waals surface area contributed by atoms with Crippen LogP contribution in [0, 0.1) is 13.8 Å². The highest BCUT2D eigenvalue weighted by molar-refractivity contribution is 7.89. The van der Waals surface area contributed by atoms with E-state index in [0.29, 0.717) is 25.2 Å². The highest BCUT2D eigenvalue weighted by Crippen LogP contribution is 2.19. The van der Waals surface area contributed by atoms with Crippen LogP contribution in [-0.2, 0) is 14.8 Å². The summed E-state index contributed by atoms with van der Waals surface area (Å²) in [5.41, 5.74) is 3.49. The molecule has 1 aliphatic rings.